The normalized spacial score (nSPS) is 18.3. The molecule has 1 unspecified atom stereocenters. The number of hydrogen-bond donors (Lipinski definition) is 1. The van der Waals surface area contributed by atoms with Gasteiger partial charge in [-0.3, -0.25) is 0 Å². The van der Waals surface area contributed by atoms with Crippen LogP contribution in [-0.4, -0.2) is 11.7 Å². The highest BCUT2D eigenvalue weighted by molar-refractivity contribution is 9.10. The number of halogens is 1. The van der Waals surface area contributed by atoms with Gasteiger partial charge in [0.2, 0.25) is 0 Å². The third kappa shape index (κ3) is 4.22. The van der Waals surface area contributed by atoms with Gasteiger partial charge in [-0.2, -0.15) is 0 Å². The summed E-state index contributed by atoms with van der Waals surface area (Å²) in [5.74, 6) is 1.53. The third-order valence-corrected chi connectivity index (χ3v) is 4.54. The van der Waals surface area contributed by atoms with E-state index in [1.54, 1.807) is 0 Å². The first-order chi connectivity index (χ1) is 9.20. The first-order valence-electron chi connectivity index (χ1n) is 7.31. The van der Waals surface area contributed by atoms with Crippen molar-refractivity contribution < 1.29 is 9.84 Å². The van der Waals surface area contributed by atoms with Gasteiger partial charge in [-0.25, -0.2) is 0 Å². The second-order valence-corrected chi connectivity index (χ2v) is 6.23. The minimum absolute atomic E-state index is 0.352. The Hall–Kier alpha value is -0.540. The predicted octanol–water partition coefficient (Wildman–Crippen LogP) is 4.85. The molecule has 0 bridgehead atoms. The Morgan fingerprint density at radius 3 is 2.68 bits per heavy atom. The van der Waals surface area contributed by atoms with Crippen LogP contribution in [0.1, 0.15) is 57.1 Å². The Morgan fingerprint density at radius 1 is 1.32 bits per heavy atom. The van der Waals surface area contributed by atoms with Gasteiger partial charge >= 0.3 is 0 Å². The maximum Gasteiger partial charge on any atom is 0.133 e. The van der Waals surface area contributed by atoms with Crippen LogP contribution in [0.4, 0.5) is 0 Å². The molecule has 0 aromatic heterocycles. The highest BCUT2D eigenvalue weighted by atomic mass is 79.9. The van der Waals surface area contributed by atoms with Crippen LogP contribution < -0.4 is 4.74 Å². The van der Waals surface area contributed by atoms with E-state index in [9.17, 15) is 5.11 Å². The fourth-order valence-corrected chi connectivity index (χ4v) is 3.38. The van der Waals surface area contributed by atoms with Crippen molar-refractivity contribution in [1.82, 2.24) is 0 Å². The molecule has 1 aliphatic rings. The van der Waals surface area contributed by atoms with Crippen molar-refractivity contribution in [3.8, 4) is 5.75 Å². The van der Waals surface area contributed by atoms with Gasteiger partial charge < -0.3 is 9.84 Å². The number of benzene rings is 1. The molecule has 1 atom stereocenters. The maximum atomic E-state index is 10.4. The summed E-state index contributed by atoms with van der Waals surface area (Å²) in [6.45, 7) is 2.63. The molecule has 19 heavy (non-hydrogen) atoms. The number of rotatable bonds is 5. The summed E-state index contributed by atoms with van der Waals surface area (Å²) in [4.78, 5) is 0. The Morgan fingerprint density at radius 2 is 2.05 bits per heavy atom. The molecule has 0 aliphatic heterocycles. The second kappa shape index (κ2) is 7.30. The SMILES string of the molecule is CCOc1ccc(C(O)CC2CCCCC2)cc1Br. The van der Waals surface area contributed by atoms with Crippen LogP contribution in [0.25, 0.3) is 0 Å². The van der Waals surface area contributed by atoms with Crippen LogP contribution in [0.3, 0.4) is 0 Å². The van der Waals surface area contributed by atoms with E-state index in [1.165, 1.54) is 32.1 Å². The van der Waals surface area contributed by atoms with Crippen molar-refractivity contribution in [3.05, 3.63) is 28.2 Å². The van der Waals surface area contributed by atoms with Crippen molar-refractivity contribution in [3.63, 3.8) is 0 Å². The summed E-state index contributed by atoms with van der Waals surface area (Å²) in [7, 11) is 0. The summed E-state index contributed by atoms with van der Waals surface area (Å²) in [6.07, 6.45) is 7.09. The van der Waals surface area contributed by atoms with Gasteiger partial charge in [-0.1, -0.05) is 38.2 Å². The molecule has 0 radical (unpaired) electrons. The average Bonchev–Trinajstić information content (AvgIpc) is 2.42. The van der Waals surface area contributed by atoms with Crippen molar-refractivity contribution in [2.45, 2.75) is 51.6 Å². The summed E-state index contributed by atoms with van der Waals surface area (Å²) in [5.41, 5.74) is 0.987. The van der Waals surface area contributed by atoms with Gasteiger partial charge in [-0.05, 0) is 52.9 Å². The molecule has 1 saturated carbocycles. The van der Waals surface area contributed by atoms with Gasteiger partial charge in [0.15, 0.2) is 0 Å². The van der Waals surface area contributed by atoms with Crippen molar-refractivity contribution in [1.29, 1.82) is 0 Å². The first kappa shape index (κ1) is 14.9. The number of hydrogen-bond acceptors (Lipinski definition) is 2. The number of ether oxygens (including phenoxy) is 1. The lowest BCUT2D eigenvalue weighted by molar-refractivity contribution is 0.131. The van der Waals surface area contributed by atoms with E-state index >= 15 is 0 Å². The summed E-state index contributed by atoms with van der Waals surface area (Å²) < 4.78 is 6.42. The standard InChI is InChI=1S/C16H23BrO2/c1-2-19-16-9-8-13(11-14(16)17)15(18)10-12-6-4-3-5-7-12/h8-9,11-12,15,18H,2-7,10H2,1H3. The molecule has 2 rings (SSSR count). The highest BCUT2D eigenvalue weighted by Gasteiger charge is 2.19. The molecular formula is C16H23BrO2. The molecule has 1 fully saturated rings. The lowest BCUT2D eigenvalue weighted by Gasteiger charge is -2.24. The summed E-state index contributed by atoms with van der Waals surface area (Å²) in [5, 5.41) is 10.4. The topological polar surface area (TPSA) is 29.5 Å². The Bertz CT molecular complexity index is 400. The van der Waals surface area contributed by atoms with Crippen LogP contribution >= 0.6 is 15.9 Å². The highest BCUT2D eigenvalue weighted by Crippen LogP contribution is 2.34. The molecule has 1 N–H and O–H groups in total. The molecule has 0 saturated heterocycles. The van der Waals surface area contributed by atoms with E-state index in [0.29, 0.717) is 12.5 Å². The second-order valence-electron chi connectivity index (χ2n) is 5.38. The van der Waals surface area contributed by atoms with Crippen molar-refractivity contribution in [2.75, 3.05) is 6.61 Å². The molecule has 2 nitrogen and oxygen atoms in total. The maximum absolute atomic E-state index is 10.4. The fraction of sp³-hybridized carbons (Fsp3) is 0.625. The van der Waals surface area contributed by atoms with Crippen LogP contribution in [0.5, 0.6) is 5.75 Å². The lowest BCUT2D eigenvalue weighted by atomic mass is 9.84. The van der Waals surface area contributed by atoms with Crippen LogP contribution in [-0.2, 0) is 0 Å². The Balaban J connectivity index is 1.98. The zero-order valence-electron chi connectivity index (χ0n) is 11.6. The minimum Gasteiger partial charge on any atom is -0.493 e. The average molecular weight is 327 g/mol. The molecule has 1 aromatic rings. The van der Waals surface area contributed by atoms with E-state index in [0.717, 1.165) is 22.2 Å². The van der Waals surface area contributed by atoms with Gasteiger partial charge in [0.25, 0.3) is 0 Å². The zero-order chi connectivity index (χ0) is 13.7. The van der Waals surface area contributed by atoms with Gasteiger partial charge in [0.1, 0.15) is 5.75 Å². The zero-order valence-corrected chi connectivity index (χ0v) is 13.2. The van der Waals surface area contributed by atoms with Crippen molar-refractivity contribution >= 4 is 15.9 Å². The largest absolute Gasteiger partial charge is 0.493 e. The quantitative estimate of drug-likeness (QED) is 0.837. The van der Waals surface area contributed by atoms with Gasteiger partial charge in [0.05, 0.1) is 17.2 Å². The molecular weight excluding hydrogens is 304 g/mol. The van der Waals surface area contributed by atoms with E-state index < -0.39 is 0 Å². The van der Waals surface area contributed by atoms with E-state index in [1.807, 2.05) is 25.1 Å². The Kier molecular flexibility index (Phi) is 5.71. The third-order valence-electron chi connectivity index (χ3n) is 3.92. The predicted molar refractivity (Wildman–Crippen MR) is 81.5 cm³/mol. The van der Waals surface area contributed by atoms with E-state index in [4.69, 9.17) is 4.74 Å². The lowest BCUT2D eigenvalue weighted by Crippen LogP contribution is -2.11. The van der Waals surface area contributed by atoms with Gasteiger partial charge in [-0.15, -0.1) is 0 Å². The van der Waals surface area contributed by atoms with Crippen LogP contribution in [0.2, 0.25) is 0 Å². The molecule has 0 heterocycles. The van der Waals surface area contributed by atoms with E-state index in [2.05, 4.69) is 15.9 Å². The molecule has 1 aliphatic carbocycles. The molecule has 106 valence electrons. The van der Waals surface area contributed by atoms with Crippen LogP contribution in [0.15, 0.2) is 22.7 Å². The number of aliphatic hydroxyl groups excluding tert-OH is 1. The fourth-order valence-electron chi connectivity index (χ4n) is 2.87. The summed E-state index contributed by atoms with van der Waals surface area (Å²) >= 11 is 3.51. The number of aliphatic hydroxyl groups is 1. The molecule has 0 amide bonds. The molecule has 0 spiro atoms. The monoisotopic (exact) mass is 326 g/mol. The molecule has 1 aromatic carbocycles. The Labute approximate surface area is 124 Å². The minimum atomic E-state index is -0.352. The smallest absolute Gasteiger partial charge is 0.133 e. The summed E-state index contributed by atoms with van der Waals surface area (Å²) in [6, 6.07) is 5.90. The molecule has 3 heteroatoms. The van der Waals surface area contributed by atoms with E-state index in [-0.39, 0.29) is 6.10 Å². The first-order valence-corrected chi connectivity index (χ1v) is 8.10. The van der Waals surface area contributed by atoms with Crippen LogP contribution in [0, 0.1) is 5.92 Å². The van der Waals surface area contributed by atoms with Crippen molar-refractivity contribution in [2.24, 2.45) is 5.92 Å². The van der Waals surface area contributed by atoms with Gasteiger partial charge in [0, 0.05) is 0 Å².